The molecule has 1 aliphatic rings. The lowest BCUT2D eigenvalue weighted by molar-refractivity contribution is -0.385. The zero-order chi connectivity index (χ0) is 15.4. The van der Waals surface area contributed by atoms with Gasteiger partial charge >= 0.3 is 0 Å². The molecule has 0 saturated carbocycles. The molecule has 0 aromatic carbocycles. The highest BCUT2D eigenvalue weighted by Gasteiger charge is 2.24. The maximum atomic E-state index is 12.1. The summed E-state index contributed by atoms with van der Waals surface area (Å²) in [5, 5.41) is 13.5. The van der Waals surface area contributed by atoms with E-state index in [0.717, 1.165) is 38.2 Å². The van der Waals surface area contributed by atoms with Crippen LogP contribution in [0, 0.1) is 10.1 Å². The molecule has 3 N–H and O–H groups in total. The van der Waals surface area contributed by atoms with E-state index in [9.17, 15) is 14.9 Å². The molecule has 1 atom stereocenters. The van der Waals surface area contributed by atoms with Gasteiger partial charge in [-0.25, -0.2) is 4.98 Å². The monoisotopic (exact) mass is 293 g/mol. The van der Waals surface area contributed by atoms with Crippen LogP contribution in [0.3, 0.4) is 0 Å². The second-order valence-electron chi connectivity index (χ2n) is 5.02. The van der Waals surface area contributed by atoms with Gasteiger partial charge in [-0.1, -0.05) is 6.92 Å². The number of nitrogens with zero attached hydrogens (tertiary/aromatic N) is 3. The lowest BCUT2D eigenvalue weighted by atomic mass is 10.2. The Balaban J connectivity index is 2.03. The van der Waals surface area contributed by atoms with Crippen molar-refractivity contribution in [1.29, 1.82) is 0 Å². The van der Waals surface area contributed by atoms with Gasteiger partial charge in [-0.2, -0.15) is 0 Å². The van der Waals surface area contributed by atoms with Gasteiger partial charge in [-0.05, 0) is 25.9 Å². The lowest BCUT2D eigenvalue weighted by Gasteiger charge is -2.22. The van der Waals surface area contributed by atoms with Crippen molar-refractivity contribution in [2.45, 2.75) is 25.8 Å². The van der Waals surface area contributed by atoms with Gasteiger partial charge in [0, 0.05) is 18.7 Å². The van der Waals surface area contributed by atoms with E-state index >= 15 is 0 Å². The Hall–Kier alpha value is -2.22. The zero-order valence-electron chi connectivity index (χ0n) is 11.9. The number of likely N-dealkylation sites (tertiary alicyclic amines) is 1. The van der Waals surface area contributed by atoms with Gasteiger partial charge in [0.05, 0.1) is 10.5 Å². The standard InChI is InChI=1S/C13H19N5O3/c1-2-17-5-3-4-9(17)7-16-13(19)11-6-10(18(20)21)8-15-12(11)14/h6,8-9H,2-5,7H2,1H3,(H2,14,15)(H,16,19). The minimum Gasteiger partial charge on any atom is -0.383 e. The third-order valence-electron chi connectivity index (χ3n) is 3.76. The van der Waals surface area contributed by atoms with Crippen LogP contribution < -0.4 is 11.1 Å². The van der Waals surface area contributed by atoms with E-state index in [1.54, 1.807) is 0 Å². The van der Waals surface area contributed by atoms with Crippen molar-refractivity contribution in [3.05, 3.63) is 27.9 Å². The highest BCUT2D eigenvalue weighted by atomic mass is 16.6. The SMILES string of the molecule is CCN1CCCC1CNC(=O)c1cc([N+](=O)[O-])cnc1N. The molecule has 1 saturated heterocycles. The van der Waals surface area contributed by atoms with E-state index in [4.69, 9.17) is 5.73 Å². The van der Waals surface area contributed by atoms with Crippen LogP contribution >= 0.6 is 0 Å². The largest absolute Gasteiger partial charge is 0.383 e. The van der Waals surface area contributed by atoms with Gasteiger partial charge in [0.15, 0.2) is 0 Å². The van der Waals surface area contributed by atoms with E-state index in [1.807, 2.05) is 0 Å². The zero-order valence-corrected chi connectivity index (χ0v) is 11.9. The highest BCUT2D eigenvalue weighted by Crippen LogP contribution is 2.18. The minimum atomic E-state index is -0.598. The Morgan fingerprint density at radius 1 is 1.67 bits per heavy atom. The number of nitro groups is 1. The van der Waals surface area contributed by atoms with Crippen LogP contribution in [0.5, 0.6) is 0 Å². The Kier molecular flexibility index (Phi) is 4.69. The number of nitrogens with two attached hydrogens (primary N) is 1. The second kappa shape index (κ2) is 6.49. The molecule has 21 heavy (non-hydrogen) atoms. The fraction of sp³-hybridized carbons (Fsp3) is 0.538. The molecule has 2 heterocycles. The molecule has 2 rings (SSSR count). The van der Waals surface area contributed by atoms with Crippen molar-refractivity contribution in [2.24, 2.45) is 0 Å². The molecular formula is C13H19N5O3. The summed E-state index contributed by atoms with van der Waals surface area (Å²) in [5.41, 5.74) is 5.42. The van der Waals surface area contributed by atoms with Gasteiger partial charge in [-0.15, -0.1) is 0 Å². The number of hydrogen-bond donors (Lipinski definition) is 2. The molecule has 114 valence electrons. The van der Waals surface area contributed by atoms with Crippen molar-refractivity contribution < 1.29 is 9.72 Å². The predicted molar refractivity (Wildman–Crippen MR) is 77.9 cm³/mol. The predicted octanol–water partition coefficient (Wildman–Crippen LogP) is 0.786. The highest BCUT2D eigenvalue weighted by molar-refractivity contribution is 5.98. The van der Waals surface area contributed by atoms with Gasteiger partial charge in [-0.3, -0.25) is 19.8 Å². The van der Waals surface area contributed by atoms with Crippen molar-refractivity contribution in [3.63, 3.8) is 0 Å². The van der Waals surface area contributed by atoms with Crippen LogP contribution in [0.15, 0.2) is 12.3 Å². The Morgan fingerprint density at radius 3 is 3.10 bits per heavy atom. The van der Waals surface area contributed by atoms with Crippen molar-refractivity contribution in [1.82, 2.24) is 15.2 Å². The smallest absolute Gasteiger partial charge is 0.288 e. The molecule has 1 aliphatic heterocycles. The molecule has 1 unspecified atom stereocenters. The number of hydrogen-bond acceptors (Lipinski definition) is 6. The number of anilines is 1. The second-order valence-corrected chi connectivity index (χ2v) is 5.02. The number of nitrogens with one attached hydrogen (secondary N) is 1. The third-order valence-corrected chi connectivity index (χ3v) is 3.76. The molecule has 8 heteroatoms. The fourth-order valence-corrected chi connectivity index (χ4v) is 2.59. The first-order valence-electron chi connectivity index (χ1n) is 6.95. The Labute approximate surface area is 122 Å². The third kappa shape index (κ3) is 3.46. The Morgan fingerprint density at radius 2 is 2.43 bits per heavy atom. The number of likely N-dealkylation sites (N-methyl/N-ethyl adjacent to an activating group) is 1. The summed E-state index contributed by atoms with van der Waals surface area (Å²) in [6, 6.07) is 1.47. The molecular weight excluding hydrogens is 274 g/mol. The van der Waals surface area contributed by atoms with Crippen molar-refractivity contribution >= 4 is 17.4 Å². The summed E-state index contributed by atoms with van der Waals surface area (Å²) in [6.07, 6.45) is 3.20. The fourth-order valence-electron chi connectivity index (χ4n) is 2.59. The number of amides is 1. The summed E-state index contributed by atoms with van der Waals surface area (Å²) in [7, 11) is 0. The number of rotatable bonds is 5. The molecule has 1 aromatic rings. The first kappa shape index (κ1) is 15.2. The minimum absolute atomic E-state index is 0.00290. The maximum absolute atomic E-state index is 12.1. The first-order chi connectivity index (χ1) is 10.0. The number of carbonyl (C=O) groups is 1. The Bertz CT molecular complexity index is 549. The molecule has 1 aromatic heterocycles. The average molecular weight is 293 g/mol. The van der Waals surface area contributed by atoms with Gasteiger partial charge in [0.1, 0.15) is 12.0 Å². The summed E-state index contributed by atoms with van der Waals surface area (Å²) >= 11 is 0. The van der Waals surface area contributed by atoms with Crippen LogP contribution in [-0.4, -0.2) is 46.4 Å². The van der Waals surface area contributed by atoms with E-state index in [0.29, 0.717) is 12.6 Å². The summed E-state index contributed by atoms with van der Waals surface area (Å²) < 4.78 is 0. The van der Waals surface area contributed by atoms with Crippen LogP contribution in [0.25, 0.3) is 0 Å². The van der Waals surface area contributed by atoms with Crippen LogP contribution in [0.2, 0.25) is 0 Å². The van der Waals surface area contributed by atoms with Gasteiger partial charge < -0.3 is 11.1 Å². The first-order valence-corrected chi connectivity index (χ1v) is 6.95. The van der Waals surface area contributed by atoms with E-state index in [2.05, 4.69) is 22.1 Å². The van der Waals surface area contributed by atoms with Gasteiger partial charge in [0.2, 0.25) is 0 Å². The normalized spacial score (nSPS) is 18.6. The van der Waals surface area contributed by atoms with Crippen LogP contribution in [-0.2, 0) is 0 Å². The van der Waals surface area contributed by atoms with Crippen LogP contribution in [0.1, 0.15) is 30.1 Å². The quantitative estimate of drug-likeness (QED) is 0.612. The number of pyridine rings is 1. The summed E-state index contributed by atoms with van der Waals surface area (Å²) in [6.45, 7) is 4.58. The molecule has 0 radical (unpaired) electrons. The van der Waals surface area contributed by atoms with Gasteiger partial charge in [0.25, 0.3) is 11.6 Å². The number of nitrogen functional groups attached to an aromatic ring is 1. The molecule has 1 amide bonds. The molecule has 0 aliphatic carbocycles. The van der Waals surface area contributed by atoms with Crippen molar-refractivity contribution in [3.8, 4) is 0 Å². The van der Waals surface area contributed by atoms with Crippen molar-refractivity contribution in [2.75, 3.05) is 25.4 Å². The molecule has 1 fully saturated rings. The lowest BCUT2D eigenvalue weighted by Crippen LogP contribution is -2.40. The van der Waals surface area contributed by atoms with Crippen LogP contribution in [0.4, 0.5) is 11.5 Å². The number of carbonyl (C=O) groups excluding carboxylic acids is 1. The topological polar surface area (TPSA) is 114 Å². The molecule has 8 nitrogen and oxygen atoms in total. The maximum Gasteiger partial charge on any atom is 0.288 e. The average Bonchev–Trinajstić information content (AvgIpc) is 2.92. The van der Waals surface area contributed by atoms with E-state index in [-0.39, 0.29) is 17.1 Å². The van der Waals surface area contributed by atoms with E-state index < -0.39 is 10.8 Å². The number of aromatic nitrogens is 1. The van der Waals surface area contributed by atoms with E-state index in [1.165, 1.54) is 0 Å². The summed E-state index contributed by atoms with van der Waals surface area (Å²) in [4.78, 5) is 28.2. The molecule has 0 bridgehead atoms. The summed E-state index contributed by atoms with van der Waals surface area (Å²) in [5.74, 6) is -0.427. The molecule has 0 spiro atoms.